The van der Waals surface area contributed by atoms with E-state index in [-0.39, 0.29) is 12.0 Å². The molecule has 0 atom stereocenters. The molecule has 5 heteroatoms. The van der Waals surface area contributed by atoms with Crippen molar-refractivity contribution in [3.8, 4) is 11.1 Å². The van der Waals surface area contributed by atoms with Gasteiger partial charge in [0.05, 0.1) is 12.0 Å². The molecule has 0 bridgehead atoms. The van der Waals surface area contributed by atoms with E-state index < -0.39 is 17.7 Å². The van der Waals surface area contributed by atoms with Crippen LogP contribution in [0.4, 0.5) is 13.2 Å². The van der Waals surface area contributed by atoms with Gasteiger partial charge in [0.25, 0.3) is 0 Å². The van der Waals surface area contributed by atoms with Gasteiger partial charge >= 0.3 is 12.1 Å². The topological polar surface area (TPSA) is 37.3 Å². The summed E-state index contributed by atoms with van der Waals surface area (Å²) >= 11 is 0. The molecule has 0 amide bonds. The minimum absolute atomic E-state index is 0.0524. The summed E-state index contributed by atoms with van der Waals surface area (Å²) in [6.45, 7) is 1.73. The summed E-state index contributed by atoms with van der Waals surface area (Å²) in [5.74, 6) is -1.01. The van der Waals surface area contributed by atoms with E-state index >= 15 is 0 Å². The SMILES string of the molecule is Cc1ccc(-c2ccccc2C(F)(F)F)cc1CC(=O)O. The lowest BCUT2D eigenvalue weighted by Crippen LogP contribution is -2.07. The first-order valence-corrected chi connectivity index (χ1v) is 6.27. The van der Waals surface area contributed by atoms with Gasteiger partial charge in [-0.2, -0.15) is 13.2 Å². The van der Waals surface area contributed by atoms with E-state index in [0.717, 1.165) is 11.6 Å². The normalized spacial score (nSPS) is 11.4. The van der Waals surface area contributed by atoms with Crippen molar-refractivity contribution in [2.24, 2.45) is 0 Å². The molecular formula is C16H13F3O2. The Labute approximate surface area is 119 Å². The Hall–Kier alpha value is -2.30. The Bertz CT molecular complexity index is 675. The van der Waals surface area contributed by atoms with Crippen LogP contribution in [-0.4, -0.2) is 11.1 Å². The number of carboxylic acids is 1. The summed E-state index contributed by atoms with van der Waals surface area (Å²) in [6.07, 6.45) is -4.66. The third kappa shape index (κ3) is 3.42. The Morgan fingerprint density at radius 2 is 1.81 bits per heavy atom. The molecule has 1 N–H and O–H groups in total. The van der Waals surface area contributed by atoms with E-state index in [4.69, 9.17) is 5.11 Å². The fourth-order valence-electron chi connectivity index (χ4n) is 2.17. The maximum atomic E-state index is 13.0. The molecule has 0 aliphatic rings. The Morgan fingerprint density at radius 1 is 1.14 bits per heavy atom. The number of benzene rings is 2. The lowest BCUT2D eigenvalue weighted by Gasteiger charge is -2.14. The zero-order chi connectivity index (χ0) is 15.6. The number of hydrogen-bond donors (Lipinski definition) is 1. The molecule has 0 spiro atoms. The molecule has 0 unspecified atom stereocenters. The molecule has 2 nitrogen and oxygen atoms in total. The van der Waals surface area contributed by atoms with Gasteiger partial charge < -0.3 is 5.11 Å². The average molecular weight is 294 g/mol. The zero-order valence-corrected chi connectivity index (χ0v) is 11.2. The van der Waals surface area contributed by atoms with Crippen LogP contribution in [0.2, 0.25) is 0 Å². The predicted molar refractivity (Wildman–Crippen MR) is 73.0 cm³/mol. The maximum absolute atomic E-state index is 13.0. The molecule has 0 radical (unpaired) electrons. The first-order valence-electron chi connectivity index (χ1n) is 6.27. The lowest BCUT2D eigenvalue weighted by molar-refractivity contribution is -0.137. The smallest absolute Gasteiger partial charge is 0.417 e. The molecule has 2 rings (SSSR count). The Morgan fingerprint density at radius 3 is 2.43 bits per heavy atom. The van der Waals surface area contributed by atoms with Gasteiger partial charge in [-0.15, -0.1) is 0 Å². The van der Waals surface area contributed by atoms with Gasteiger partial charge in [0.1, 0.15) is 0 Å². The van der Waals surface area contributed by atoms with Crippen molar-refractivity contribution in [2.45, 2.75) is 19.5 Å². The number of hydrogen-bond acceptors (Lipinski definition) is 1. The van der Waals surface area contributed by atoms with Gasteiger partial charge in [-0.25, -0.2) is 0 Å². The van der Waals surface area contributed by atoms with Crippen LogP contribution in [0, 0.1) is 6.92 Å². The van der Waals surface area contributed by atoms with E-state index in [1.165, 1.54) is 24.3 Å². The number of aliphatic carboxylic acids is 1. The predicted octanol–water partition coefficient (Wildman–Crippen LogP) is 4.31. The Balaban J connectivity index is 2.55. The van der Waals surface area contributed by atoms with Gasteiger partial charge in [0.2, 0.25) is 0 Å². The fraction of sp³-hybridized carbons (Fsp3) is 0.188. The lowest BCUT2D eigenvalue weighted by atomic mass is 9.95. The summed E-state index contributed by atoms with van der Waals surface area (Å²) in [6, 6.07) is 9.99. The highest BCUT2D eigenvalue weighted by atomic mass is 19.4. The second-order valence-corrected chi connectivity index (χ2v) is 4.76. The summed E-state index contributed by atoms with van der Waals surface area (Å²) in [5, 5.41) is 8.86. The van der Waals surface area contributed by atoms with Crippen LogP contribution < -0.4 is 0 Å². The van der Waals surface area contributed by atoms with Crippen molar-refractivity contribution in [2.75, 3.05) is 0 Å². The molecule has 21 heavy (non-hydrogen) atoms. The van der Waals surface area contributed by atoms with Gasteiger partial charge in [-0.05, 0) is 35.2 Å². The summed E-state index contributed by atoms with van der Waals surface area (Å²) < 4.78 is 39.1. The first kappa shape index (κ1) is 15.1. The second kappa shape index (κ2) is 5.60. The van der Waals surface area contributed by atoms with Crippen LogP contribution in [0.5, 0.6) is 0 Å². The van der Waals surface area contributed by atoms with Gasteiger partial charge in [0.15, 0.2) is 0 Å². The minimum atomic E-state index is -4.45. The maximum Gasteiger partial charge on any atom is 0.417 e. The third-order valence-electron chi connectivity index (χ3n) is 3.23. The molecule has 0 aliphatic heterocycles. The molecule has 0 heterocycles. The van der Waals surface area contributed by atoms with Crippen LogP contribution >= 0.6 is 0 Å². The van der Waals surface area contributed by atoms with Crippen LogP contribution in [0.1, 0.15) is 16.7 Å². The van der Waals surface area contributed by atoms with Gasteiger partial charge in [-0.1, -0.05) is 36.4 Å². The Kier molecular flexibility index (Phi) is 4.02. The first-order chi connectivity index (χ1) is 9.79. The highest BCUT2D eigenvalue weighted by Gasteiger charge is 2.33. The van der Waals surface area contributed by atoms with Crippen LogP contribution in [0.15, 0.2) is 42.5 Å². The second-order valence-electron chi connectivity index (χ2n) is 4.76. The van der Waals surface area contributed by atoms with Crippen molar-refractivity contribution in [1.29, 1.82) is 0 Å². The molecule has 0 saturated heterocycles. The average Bonchev–Trinajstić information content (AvgIpc) is 2.40. The molecular weight excluding hydrogens is 281 g/mol. The highest BCUT2D eigenvalue weighted by molar-refractivity contribution is 5.74. The quantitative estimate of drug-likeness (QED) is 0.916. The number of aryl methyl sites for hydroxylation is 1. The summed E-state index contributed by atoms with van der Waals surface area (Å²) in [5.41, 5.74) is 0.944. The molecule has 2 aromatic rings. The van der Waals surface area contributed by atoms with Crippen molar-refractivity contribution in [1.82, 2.24) is 0 Å². The molecule has 0 aliphatic carbocycles. The number of alkyl halides is 3. The van der Waals surface area contributed by atoms with Crippen molar-refractivity contribution in [3.05, 3.63) is 59.2 Å². The van der Waals surface area contributed by atoms with E-state index in [2.05, 4.69) is 0 Å². The van der Waals surface area contributed by atoms with Crippen molar-refractivity contribution >= 4 is 5.97 Å². The third-order valence-corrected chi connectivity index (χ3v) is 3.23. The molecule has 0 aromatic heterocycles. The molecule has 0 saturated carbocycles. The van der Waals surface area contributed by atoms with E-state index in [0.29, 0.717) is 11.1 Å². The largest absolute Gasteiger partial charge is 0.481 e. The van der Waals surface area contributed by atoms with Gasteiger partial charge in [0, 0.05) is 0 Å². The van der Waals surface area contributed by atoms with Crippen LogP contribution in [0.25, 0.3) is 11.1 Å². The number of halogens is 3. The summed E-state index contributed by atoms with van der Waals surface area (Å²) in [4.78, 5) is 10.8. The molecule has 0 fully saturated rings. The number of carbonyl (C=O) groups is 1. The van der Waals surface area contributed by atoms with E-state index in [1.807, 2.05) is 0 Å². The van der Waals surface area contributed by atoms with Crippen LogP contribution in [0.3, 0.4) is 0 Å². The zero-order valence-electron chi connectivity index (χ0n) is 11.2. The summed E-state index contributed by atoms with van der Waals surface area (Å²) in [7, 11) is 0. The number of carboxylic acid groups (broad SMARTS) is 1. The van der Waals surface area contributed by atoms with Crippen molar-refractivity contribution in [3.63, 3.8) is 0 Å². The van der Waals surface area contributed by atoms with Crippen molar-refractivity contribution < 1.29 is 23.1 Å². The number of rotatable bonds is 3. The molecule has 2 aromatic carbocycles. The van der Waals surface area contributed by atoms with E-state index in [9.17, 15) is 18.0 Å². The standard InChI is InChI=1S/C16H13F3O2/c1-10-6-7-11(8-12(10)9-15(20)21)13-4-2-3-5-14(13)16(17,18)19/h2-8H,9H2,1H3,(H,20,21). The van der Waals surface area contributed by atoms with E-state index in [1.54, 1.807) is 19.1 Å². The van der Waals surface area contributed by atoms with Crippen LogP contribution in [-0.2, 0) is 17.4 Å². The highest BCUT2D eigenvalue weighted by Crippen LogP contribution is 2.37. The minimum Gasteiger partial charge on any atom is -0.481 e. The monoisotopic (exact) mass is 294 g/mol. The molecule has 110 valence electrons. The van der Waals surface area contributed by atoms with Gasteiger partial charge in [-0.3, -0.25) is 4.79 Å². The fourth-order valence-corrected chi connectivity index (χ4v) is 2.17.